The monoisotopic (exact) mass is 334 g/mol. The van der Waals surface area contributed by atoms with E-state index in [9.17, 15) is 4.79 Å². The van der Waals surface area contributed by atoms with Crippen LogP contribution in [0.3, 0.4) is 0 Å². The van der Waals surface area contributed by atoms with Crippen molar-refractivity contribution in [3.63, 3.8) is 0 Å². The van der Waals surface area contributed by atoms with Crippen LogP contribution in [0.4, 0.5) is 5.82 Å². The van der Waals surface area contributed by atoms with Gasteiger partial charge in [-0.15, -0.1) is 0 Å². The van der Waals surface area contributed by atoms with E-state index in [1.54, 1.807) is 29.3 Å². The summed E-state index contributed by atoms with van der Waals surface area (Å²) < 4.78 is 0. The molecule has 0 aliphatic heterocycles. The van der Waals surface area contributed by atoms with Crippen LogP contribution in [0.2, 0.25) is 0 Å². The first-order chi connectivity index (χ1) is 12.1. The van der Waals surface area contributed by atoms with Crippen molar-refractivity contribution >= 4 is 28.7 Å². The van der Waals surface area contributed by atoms with Crippen molar-refractivity contribution in [1.29, 1.82) is 0 Å². The van der Waals surface area contributed by atoms with Crippen molar-refractivity contribution < 1.29 is 4.79 Å². The minimum absolute atomic E-state index is 0.00547. The number of likely N-dealkylation sites (N-methyl/N-ethyl adjacent to an activating group) is 1. The summed E-state index contributed by atoms with van der Waals surface area (Å²) in [6.07, 6.45) is 5.79. The predicted molar refractivity (Wildman–Crippen MR) is 102 cm³/mol. The van der Waals surface area contributed by atoms with E-state index in [2.05, 4.69) is 29.0 Å². The van der Waals surface area contributed by atoms with E-state index in [-0.39, 0.29) is 11.9 Å². The van der Waals surface area contributed by atoms with E-state index in [0.717, 1.165) is 28.6 Å². The van der Waals surface area contributed by atoms with Gasteiger partial charge in [-0.05, 0) is 47.7 Å². The number of nitrogens with two attached hydrogens (primary N) is 1. The lowest BCUT2D eigenvalue weighted by Gasteiger charge is -2.25. The minimum atomic E-state index is -0.0534. The number of hydrogen-bond acceptors (Lipinski definition) is 3. The fourth-order valence-corrected chi connectivity index (χ4v) is 2.93. The van der Waals surface area contributed by atoms with Crippen LogP contribution < -0.4 is 5.73 Å². The molecule has 0 fully saturated rings. The lowest BCUT2D eigenvalue weighted by molar-refractivity contribution is -0.127. The maximum absolute atomic E-state index is 12.6. The summed E-state index contributed by atoms with van der Waals surface area (Å²) in [4.78, 5) is 21.8. The van der Waals surface area contributed by atoms with Crippen molar-refractivity contribution in [2.24, 2.45) is 0 Å². The number of benzene rings is 1. The minimum Gasteiger partial charge on any atom is -0.384 e. The van der Waals surface area contributed by atoms with Crippen LogP contribution in [-0.2, 0) is 4.79 Å². The number of H-pyrrole nitrogens is 1. The molecule has 3 aromatic rings. The van der Waals surface area contributed by atoms with Crippen molar-refractivity contribution in [2.45, 2.75) is 19.4 Å². The average molecular weight is 334 g/mol. The van der Waals surface area contributed by atoms with Crippen LogP contribution in [0.15, 0.2) is 54.7 Å². The first-order valence-electron chi connectivity index (χ1n) is 8.32. The zero-order valence-electron chi connectivity index (χ0n) is 14.4. The van der Waals surface area contributed by atoms with Crippen LogP contribution >= 0.6 is 0 Å². The van der Waals surface area contributed by atoms with Crippen molar-refractivity contribution in [3.05, 3.63) is 66.0 Å². The van der Waals surface area contributed by atoms with Crippen molar-refractivity contribution in [3.8, 4) is 0 Å². The molecule has 0 saturated heterocycles. The highest BCUT2D eigenvalue weighted by Gasteiger charge is 2.20. The molecule has 0 bridgehead atoms. The molecule has 1 unspecified atom stereocenters. The SMILES string of the molecule is CCC(c1cc2ccccc2[nH]1)N(C)C(=O)/C=C/c1ccc(N)nc1. The quantitative estimate of drug-likeness (QED) is 0.698. The number of amides is 1. The molecule has 3 N–H and O–H groups in total. The Morgan fingerprint density at radius 1 is 1.32 bits per heavy atom. The standard InChI is InChI=1S/C20H22N4O/c1-3-18(17-12-15-6-4-5-7-16(15)23-17)24(2)20(25)11-9-14-8-10-19(21)22-13-14/h4-13,18,23H,3H2,1-2H3,(H2,21,22)/b11-9+. The molecule has 3 rings (SSSR count). The molecular weight excluding hydrogens is 312 g/mol. The topological polar surface area (TPSA) is 75.0 Å². The van der Waals surface area contributed by atoms with Crippen LogP contribution in [0.25, 0.3) is 17.0 Å². The van der Waals surface area contributed by atoms with Crippen molar-refractivity contribution in [2.75, 3.05) is 12.8 Å². The third-order valence-corrected chi connectivity index (χ3v) is 4.34. The third kappa shape index (κ3) is 3.71. The molecule has 0 saturated carbocycles. The van der Waals surface area contributed by atoms with E-state index in [4.69, 9.17) is 5.73 Å². The van der Waals surface area contributed by atoms with Gasteiger partial charge in [-0.1, -0.05) is 25.1 Å². The summed E-state index contributed by atoms with van der Waals surface area (Å²) in [5, 5.41) is 1.15. The average Bonchev–Trinajstić information content (AvgIpc) is 3.05. The molecule has 5 nitrogen and oxygen atoms in total. The van der Waals surface area contributed by atoms with Crippen LogP contribution in [0.5, 0.6) is 0 Å². The summed E-state index contributed by atoms with van der Waals surface area (Å²) in [6, 6.07) is 13.8. The van der Waals surface area contributed by atoms with Gasteiger partial charge >= 0.3 is 0 Å². The fourth-order valence-electron chi connectivity index (χ4n) is 2.93. The van der Waals surface area contributed by atoms with Crippen LogP contribution in [-0.4, -0.2) is 27.8 Å². The number of anilines is 1. The number of hydrogen-bond donors (Lipinski definition) is 2. The second kappa shape index (κ2) is 7.21. The van der Waals surface area contributed by atoms with Gasteiger partial charge in [0.2, 0.25) is 5.91 Å². The Morgan fingerprint density at radius 2 is 2.12 bits per heavy atom. The van der Waals surface area contributed by atoms with E-state index in [0.29, 0.717) is 5.82 Å². The number of rotatable bonds is 5. The second-order valence-electron chi connectivity index (χ2n) is 6.03. The number of pyridine rings is 1. The lowest BCUT2D eigenvalue weighted by Crippen LogP contribution is -2.29. The predicted octanol–water partition coefficient (Wildman–Crippen LogP) is 3.77. The van der Waals surface area contributed by atoms with Gasteiger partial charge < -0.3 is 15.6 Å². The van der Waals surface area contributed by atoms with E-state index >= 15 is 0 Å². The van der Waals surface area contributed by atoms with Gasteiger partial charge in [0, 0.05) is 30.5 Å². The summed E-state index contributed by atoms with van der Waals surface area (Å²) in [7, 11) is 1.83. The molecule has 0 spiro atoms. The maximum Gasteiger partial charge on any atom is 0.246 e. The Morgan fingerprint density at radius 3 is 2.80 bits per heavy atom. The number of carbonyl (C=O) groups is 1. The molecule has 0 aliphatic carbocycles. The molecule has 25 heavy (non-hydrogen) atoms. The third-order valence-electron chi connectivity index (χ3n) is 4.34. The number of nitrogens with zero attached hydrogens (tertiary/aromatic N) is 2. The largest absolute Gasteiger partial charge is 0.384 e. The van der Waals surface area contributed by atoms with Gasteiger partial charge in [0.05, 0.1) is 6.04 Å². The Bertz CT molecular complexity index is 862. The van der Waals surface area contributed by atoms with E-state index < -0.39 is 0 Å². The Labute approximate surface area is 147 Å². The summed E-state index contributed by atoms with van der Waals surface area (Å²) >= 11 is 0. The molecule has 128 valence electrons. The summed E-state index contributed by atoms with van der Waals surface area (Å²) in [5.74, 6) is 0.410. The smallest absolute Gasteiger partial charge is 0.246 e. The number of nitrogens with one attached hydrogen (secondary N) is 1. The number of aromatic nitrogens is 2. The number of aromatic amines is 1. The molecule has 0 aliphatic rings. The highest BCUT2D eigenvalue weighted by atomic mass is 16.2. The maximum atomic E-state index is 12.6. The first kappa shape index (κ1) is 16.8. The molecule has 2 heterocycles. The highest BCUT2D eigenvalue weighted by Crippen LogP contribution is 2.26. The molecule has 5 heteroatoms. The molecule has 1 amide bonds. The number of para-hydroxylation sites is 1. The molecule has 1 atom stereocenters. The van der Waals surface area contributed by atoms with Gasteiger partial charge in [-0.25, -0.2) is 4.98 Å². The second-order valence-corrected chi connectivity index (χ2v) is 6.03. The Kier molecular flexibility index (Phi) is 4.84. The Balaban J connectivity index is 1.77. The zero-order valence-corrected chi connectivity index (χ0v) is 14.4. The molecular formula is C20H22N4O. The Hall–Kier alpha value is -3.08. The molecule has 1 aromatic carbocycles. The molecule has 0 radical (unpaired) electrons. The first-order valence-corrected chi connectivity index (χ1v) is 8.32. The van der Waals surface area contributed by atoms with Gasteiger partial charge in [0.25, 0.3) is 0 Å². The zero-order chi connectivity index (χ0) is 17.8. The number of fused-ring (bicyclic) bond motifs is 1. The van der Waals surface area contributed by atoms with Gasteiger partial charge in [-0.2, -0.15) is 0 Å². The van der Waals surface area contributed by atoms with Crippen LogP contribution in [0.1, 0.15) is 30.6 Å². The van der Waals surface area contributed by atoms with Gasteiger partial charge in [-0.3, -0.25) is 4.79 Å². The van der Waals surface area contributed by atoms with Gasteiger partial charge in [0.15, 0.2) is 0 Å². The molecule has 2 aromatic heterocycles. The van der Waals surface area contributed by atoms with E-state index in [1.165, 1.54) is 0 Å². The number of carbonyl (C=O) groups excluding carboxylic acids is 1. The van der Waals surface area contributed by atoms with Crippen LogP contribution in [0, 0.1) is 0 Å². The number of nitrogen functional groups attached to an aromatic ring is 1. The highest BCUT2D eigenvalue weighted by molar-refractivity contribution is 5.92. The fraction of sp³-hybridized carbons (Fsp3) is 0.200. The summed E-state index contributed by atoms with van der Waals surface area (Å²) in [6.45, 7) is 2.08. The van der Waals surface area contributed by atoms with Crippen molar-refractivity contribution in [1.82, 2.24) is 14.9 Å². The summed E-state index contributed by atoms with van der Waals surface area (Å²) in [5.41, 5.74) is 8.54. The van der Waals surface area contributed by atoms with E-state index in [1.807, 2.05) is 31.3 Å². The lowest BCUT2D eigenvalue weighted by atomic mass is 10.1. The van der Waals surface area contributed by atoms with Gasteiger partial charge in [0.1, 0.15) is 5.82 Å². The normalized spacial score (nSPS) is 12.6.